The summed E-state index contributed by atoms with van der Waals surface area (Å²) in [5.41, 5.74) is 5.07. The molecular formula is C11H13NO4. The van der Waals surface area contributed by atoms with E-state index in [-0.39, 0.29) is 25.2 Å². The second kappa shape index (κ2) is 4.30. The molecule has 1 aromatic rings. The van der Waals surface area contributed by atoms with Crippen molar-refractivity contribution in [2.75, 3.05) is 6.79 Å². The molecular weight excluding hydrogens is 210 g/mol. The lowest BCUT2D eigenvalue weighted by molar-refractivity contribution is -0.119. The van der Waals surface area contributed by atoms with Crippen molar-refractivity contribution in [2.45, 2.75) is 19.4 Å². The van der Waals surface area contributed by atoms with Gasteiger partial charge in [0.1, 0.15) is 11.9 Å². The van der Waals surface area contributed by atoms with Crippen molar-refractivity contribution in [3.8, 4) is 17.2 Å². The molecule has 16 heavy (non-hydrogen) atoms. The van der Waals surface area contributed by atoms with Gasteiger partial charge in [-0.2, -0.15) is 0 Å². The van der Waals surface area contributed by atoms with E-state index in [1.54, 1.807) is 25.1 Å². The van der Waals surface area contributed by atoms with Gasteiger partial charge in [-0.3, -0.25) is 4.79 Å². The monoisotopic (exact) mass is 223 g/mol. The zero-order chi connectivity index (χ0) is 11.5. The Morgan fingerprint density at radius 1 is 1.50 bits per heavy atom. The third kappa shape index (κ3) is 2.36. The molecule has 5 heteroatoms. The summed E-state index contributed by atoms with van der Waals surface area (Å²) in [5.74, 6) is 1.62. The number of hydrogen-bond donors (Lipinski definition) is 1. The summed E-state index contributed by atoms with van der Waals surface area (Å²) in [5, 5.41) is 0. The Morgan fingerprint density at radius 3 is 3.00 bits per heavy atom. The Morgan fingerprint density at radius 2 is 2.25 bits per heavy atom. The van der Waals surface area contributed by atoms with Crippen LogP contribution in [0.15, 0.2) is 18.2 Å². The molecule has 1 aliphatic heterocycles. The molecule has 0 fully saturated rings. The lowest BCUT2D eigenvalue weighted by Crippen LogP contribution is -2.22. The summed E-state index contributed by atoms with van der Waals surface area (Å²) in [6, 6.07) is 5.28. The lowest BCUT2D eigenvalue weighted by atomic mass is 10.2. The number of rotatable bonds is 4. The van der Waals surface area contributed by atoms with Crippen LogP contribution in [0.3, 0.4) is 0 Å². The molecule has 1 unspecified atom stereocenters. The first-order chi connectivity index (χ1) is 7.65. The van der Waals surface area contributed by atoms with Gasteiger partial charge in [-0.25, -0.2) is 0 Å². The van der Waals surface area contributed by atoms with Crippen molar-refractivity contribution in [3.63, 3.8) is 0 Å². The minimum absolute atomic E-state index is 0.189. The van der Waals surface area contributed by atoms with Gasteiger partial charge in [0.15, 0.2) is 11.5 Å². The number of benzene rings is 1. The van der Waals surface area contributed by atoms with Crippen molar-refractivity contribution in [3.05, 3.63) is 18.2 Å². The summed E-state index contributed by atoms with van der Waals surface area (Å²) in [4.78, 5) is 10.7. The normalized spacial score (nSPS) is 14.6. The first-order valence-corrected chi connectivity index (χ1v) is 5.00. The number of primary amides is 1. The van der Waals surface area contributed by atoms with Gasteiger partial charge in [0.25, 0.3) is 0 Å². The van der Waals surface area contributed by atoms with Crippen LogP contribution in [0.4, 0.5) is 0 Å². The van der Waals surface area contributed by atoms with Crippen LogP contribution in [0.1, 0.15) is 13.3 Å². The fourth-order valence-electron chi connectivity index (χ4n) is 1.51. The predicted octanol–water partition coefficient (Wildman–Crippen LogP) is 1.06. The molecule has 0 spiro atoms. The van der Waals surface area contributed by atoms with Crippen molar-refractivity contribution >= 4 is 5.91 Å². The SMILES string of the molecule is CC(CC(N)=O)Oc1ccc2c(c1)OCO2. The van der Waals surface area contributed by atoms with E-state index in [0.717, 1.165) is 0 Å². The van der Waals surface area contributed by atoms with Gasteiger partial charge in [-0.15, -0.1) is 0 Å². The highest BCUT2D eigenvalue weighted by Crippen LogP contribution is 2.35. The van der Waals surface area contributed by atoms with Crippen LogP contribution < -0.4 is 19.9 Å². The number of carbonyl (C=O) groups excluding carboxylic acids is 1. The van der Waals surface area contributed by atoms with E-state index in [1.807, 2.05) is 0 Å². The van der Waals surface area contributed by atoms with Gasteiger partial charge in [0, 0.05) is 6.07 Å². The molecule has 0 saturated heterocycles. The fourth-order valence-corrected chi connectivity index (χ4v) is 1.51. The predicted molar refractivity (Wildman–Crippen MR) is 56.5 cm³/mol. The number of fused-ring (bicyclic) bond motifs is 1. The zero-order valence-electron chi connectivity index (χ0n) is 8.93. The van der Waals surface area contributed by atoms with Gasteiger partial charge in [-0.1, -0.05) is 0 Å². The van der Waals surface area contributed by atoms with Crippen LogP contribution in [-0.2, 0) is 4.79 Å². The number of hydrogen-bond acceptors (Lipinski definition) is 4. The summed E-state index contributed by atoms with van der Waals surface area (Å²) in [6.07, 6.45) is -0.0630. The highest BCUT2D eigenvalue weighted by molar-refractivity contribution is 5.74. The van der Waals surface area contributed by atoms with Gasteiger partial charge in [-0.05, 0) is 19.1 Å². The maximum Gasteiger partial charge on any atom is 0.231 e. The molecule has 86 valence electrons. The van der Waals surface area contributed by atoms with E-state index in [0.29, 0.717) is 17.2 Å². The van der Waals surface area contributed by atoms with Crippen LogP contribution in [-0.4, -0.2) is 18.8 Å². The largest absolute Gasteiger partial charge is 0.490 e. The third-order valence-corrected chi connectivity index (χ3v) is 2.17. The van der Waals surface area contributed by atoms with Crippen LogP contribution >= 0.6 is 0 Å². The summed E-state index contributed by atoms with van der Waals surface area (Å²) >= 11 is 0. The first kappa shape index (κ1) is 10.6. The highest BCUT2D eigenvalue weighted by atomic mass is 16.7. The summed E-state index contributed by atoms with van der Waals surface area (Å²) < 4.78 is 15.9. The van der Waals surface area contributed by atoms with Crippen LogP contribution in [0.5, 0.6) is 17.2 Å². The molecule has 0 aromatic heterocycles. The molecule has 0 saturated carbocycles. The molecule has 1 aromatic carbocycles. The molecule has 0 radical (unpaired) electrons. The molecule has 5 nitrogen and oxygen atoms in total. The Hall–Kier alpha value is -1.91. The molecule has 1 amide bonds. The number of ether oxygens (including phenoxy) is 3. The van der Waals surface area contributed by atoms with Gasteiger partial charge >= 0.3 is 0 Å². The number of carbonyl (C=O) groups is 1. The van der Waals surface area contributed by atoms with Gasteiger partial charge in [0.05, 0.1) is 6.42 Å². The quantitative estimate of drug-likeness (QED) is 0.828. The highest BCUT2D eigenvalue weighted by Gasteiger charge is 2.15. The van der Waals surface area contributed by atoms with Crippen molar-refractivity contribution < 1.29 is 19.0 Å². The van der Waals surface area contributed by atoms with Crippen LogP contribution in [0, 0.1) is 0 Å². The average Bonchev–Trinajstić information content (AvgIpc) is 2.63. The van der Waals surface area contributed by atoms with Crippen LogP contribution in [0.25, 0.3) is 0 Å². The van der Waals surface area contributed by atoms with E-state index in [1.165, 1.54) is 0 Å². The first-order valence-electron chi connectivity index (χ1n) is 5.00. The Labute approximate surface area is 93.1 Å². The van der Waals surface area contributed by atoms with Crippen molar-refractivity contribution in [1.82, 2.24) is 0 Å². The van der Waals surface area contributed by atoms with E-state index in [2.05, 4.69) is 0 Å². The Balaban J connectivity index is 2.02. The molecule has 0 bridgehead atoms. The fraction of sp³-hybridized carbons (Fsp3) is 0.364. The second-order valence-corrected chi connectivity index (χ2v) is 3.61. The Kier molecular flexibility index (Phi) is 2.85. The van der Waals surface area contributed by atoms with E-state index in [4.69, 9.17) is 19.9 Å². The van der Waals surface area contributed by atoms with E-state index >= 15 is 0 Å². The minimum atomic E-state index is -0.381. The minimum Gasteiger partial charge on any atom is -0.490 e. The molecule has 2 rings (SSSR count). The summed E-state index contributed by atoms with van der Waals surface area (Å²) in [6.45, 7) is 2.02. The van der Waals surface area contributed by atoms with Crippen molar-refractivity contribution in [2.24, 2.45) is 5.73 Å². The number of nitrogens with two attached hydrogens (primary N) is 1. The standard InChI is InChI=1S/C11H13NO4/c1-7(4-11(12)13)16-8-2-3-9-10(5-8)15-6-14-9/h2-3,5,7H,4,6H2,1H3,(H2,12,13). The Bertz CT molecular complexity index is 405. The maximum absolute atomic E-state index is 10.7. The van der Waals surface area contributed by atoms with E-state index < -0.39 is 0 Å². The second-order valence-electron chi connectivity index (χ2n) is 3.61. The van der Waals surface area contributed by atoms with Crippen LogP contribution in [0.2, 0.25) is 0 Å². The van der Waals surface area contributed by atoms with Crippen molar-refractivity contribution in [1.29, 1.82) is 0 Å². The zero-order valence-corrected chi connectivity index (χ0v) is 8.93. The maximum atomic E-state index is 10.7. The molecule has 0 aliphatic carbocycles. The molecule has 2 N–H and O–H groups in total. The number of amides is 1. The van der Waals surface area contributed by atoms with Gasteiger partial charge < -0.3 is 19.9 Å². The average molecular weight is 223 g/mol. The molecule has 1 aliphatic rings. The third-order valence-electron chi connectivity index (χ3n) is 2.17. The van der Waals surface area contributed by atoms with E-state index in [9.17, 15) is 4.79 Å². The molecule has 1 atom stereocenters. The lowest BCUT2D eigenvalue weighted by Gasteiger charge is -2.13. The smallest absolute Gasteiger partial charge is 0.231 e. The van der Waals surface area contributed by atoms with Gasteiger partial charge in [0.2, 0.25) is 12.7 Å². The molecule has 1 heterocycles. The summed E-state index contributed by atoms with van der Waals surface area (Å²) in [7, 11) is 0. The topological polar surface area (TPSA) is 70.8 Å².